The first-order valence-electron chi connectivity index (χ1n) is 10.7. The van der Waals surface area contributed by atoms with Gasteiger partial charge in [-0.3, -0.25) is 0 Å². The monoisotopic (exact) mass is 372 g/mol. The minimum Gasteiger partial charge on any atom is -0.390 e. The number of halogens is 1. The Labute approximate surface area is 162 Å². The van der Waals surface area contributed by atoms with Crippen molar-refractivity contribution in [3.8, 4) is 0 Å². The molecule has 148 valence electrons. The van der Waals surface area contributed by atoms with E-state index in [1.54, 1.807) is 6.07 Å². The molecule has 27 heavy (non-hydrogen) atoms. The number of aliphatic hydroxyl groups excluding tert-OH is 1. The van der Waals surface area contributed by atoms with E-state index in [0.717, 1.165) is 60.4 Å². The number of nitrogens with zero attached hydrogens (tertiary/aromatic N) is 2. The summed E-state index contributed by atoms with van der Waals surface area (Å²) < 4.78 is 15.8. The zero-order valence-electron chi connectivity index (χ0n) is 16.7. The minimum absolute atomic E-state index is 0.00965. The van der Waals surface area contributed by atoms with E-state index in [1.165, 1.54) is 31.7 Å². The Morgan fingerprint density at radius 2 is 1.70 bits per heavy atom. The quantitative estimate of drug-likeness (QED) is 0.806. The fourth-order valence-corrected chi connectivity index (χ4v) is 5.46. The van der Waals surface area contributed by atoms with Crippen LogP contribution < -0.4 is 0 Å². The Hall–Kier alpha value is -1.39. The highest BCUT2D eigenvalue weighted by Gasteiger charge is 2.31. The molecular weight excluding hydrogens is 339 g/mol. The van der Waals surface area contributed by atoms with Gasteiger partial charge in [0.2, 0.25) is 0 Å². The Bertz CT molecular complexity index is 768. The third-order valence-electron chi connectivity index (χ3n) is 7.11. The van der Waals surface area contributed by atoms with E-state index in [4.69, 9.17) is 0 Å². The average Bonchev–Trinajstić information content (AvgIpc) is 3.05. The Balaban J connectivity index is 1.43. The fourth-order valence-electron chi connectivity index (χ4n) is 5.46. The summed E-state index contributed by atoms with van der Waals surface area (Å²) in [5, 5.41) is 10.7. The molecule has 1 aliphatic heterocycles. The predicted molar refractivity (Wildman–Crippen MR) is 108 cm³/mol. The molecule has 0 spiro atoms. The van der Waals surface area contributed by atoms with E-state index in [0.29, 0.717) is 6.04 Å². The van der Waals surface area contributed by atoms with Gasteiger partial charge in [-0.1, -0.05) is 13.8 Å². The number of piperidine rings is 1. The minimum atomic E-state index is -0.212. The molecule has 2 heterocycles. The van der Waals surface area contributed by atoms with Crippen LogP contribution in [0, 0.1) is 17.7 Å². The molecule has 1 aromatic heterocycles. The number of benzene rings is 1. The molecule has 0 unspecified atom stereocenters. The predicted octanol–water partition coefficient (Wildman–Crippen LogP) is 5.12. The molecule has 3 nitrogen and oxygen atoms in total. The summed E-state index contributed by atoms with van der Waals surface area (Å²) in [4.78, 5) is 2.71. The zero-order valence-corrected chi connectivity index (χ0v) is 16.7. The fraction of sp³-hybridized carbons (Fsp3) is 0.652. The largest absolute Gasteiger partial charge is 0.390 e. The number of rotatable bonds is 4. The second kappa shape index (κ2) is 7.92. The highest BCUT2D eigenvalue weighted by Crippen LogP contribution is 2.36. The van der Waals surface area contributed by atoms with Gasteiger partial charge in [-0.25, -0.2) is 4.39 Å². The highest BCUT2D eigenvalue weighted by molar-refractivity contribution is 5.81. The van der Waals surface area contributed by atoms with E-state index < -0.39 is 0 Å². The molecule has 0 radical (unpaired) electrons. The van der Waals surface area contributed by atoms with Crippen molar-refractivity contribution in [1.29, 1.82) is 0 Å². The Morgan fingerprint density at radius 3 is 2.33 bits per heavy atom. The summed E-state index contributed by atoms with van der Waals surface area (Å²) in [6.45, 7) is 7.00. The number of aromatic nitrogens is 1. The zero-order chi connectivity index (χ0) is 19.0. The third-order valence-corrected chi connectivity index (χ3v) is 7.11. The van der Waals surface area contributed by atoms with Crippen molar-refractivity contribution in [1.82, 2.24) is 9.47 Å². The maximum atomic E-state index is 13.6. The van der Waals surface area contributed by atoms with E-state index in [2.05, 4.69) is 23.3 Å². The summed E-state index contributed by atoms with van der Waals surface area (Å²) >= 11 is 0. The van der Waals surface area contributed by atoms with Gasteiger partial charge in [-0.15, -0.1) is 0 Å². The maximum Gasteiger partial charge on any atom is 0.123 e. The highest BCUT2D eigenvalue weighted by atomic mass is 19.1. The SMILES string of the molecule is CC(C)C1CCC(N2CCC(n3c(CO)cc4cc(F)ccc43)CC2)CC1. The van der Waals surface area contributed by atoms with E-state index in [9.17, 15) is 9.50 Å². The Kier molecular flexibility index (Phi) is 5.56. The van der Waals surface area contributed by atoms with Gasteiger partial charge in [0.15, 0.2) is 0 Å². The van der Waals surface area contributed by atoms with Gasteiger partial charge in [-0.2, -0.15) is 0 Å². The molecule has 2 aliphatic rings. The van der Waals surface area contributed by atoms with Crippen molar-refractivity contribution in [2.75, 3.05) is 13.1 Å². The molecule has 1 aromatic carbocycles. The van der Waals surface area contributed by atoms with E-state index in [1.807, 2.05) is 12.1 Å². The van der Waals surface area contributed by atoms with Gasteiger partial charge < -0.3 is 14.6 Å². The van der Waals surface area contributed by atoms with Crippen LogP contribution in [0.15, 0.2) is 24.3 Å². The van der Waals surface area contributed by atoms with Crippen LogP contribution in [-0.2, 0) is 6.61 Å². The molecule has 0 bridgehead atoms. The van der Waals surface area contributed by atoms with Crippen molar-refractivity contribution in [2.45, 2.75) is 71.1 Å². The van der Waals surface area contributed by atoms with Gasteiger partial charge in [0, 0.05) is 41.8 Å². The number of hydrogen-bond acceptors (Lipinski definition) is 2. The van der Waals surface area contributed by atoms with Crippen molar-refractivity contribution < 1.29 is 9.50 Å². The number of fused-ring (bicyclic) bond motifs is 1. The molecule has 1 aliphatic carbocycles. The molecule has 1 saturated carbocycles. The van der Waals surface area contributed by atoms with Gasteiger partial charge in [-0.05, 0) is 74.6 Å². The molecule has 4 rings (SSSR count). The molecule has 2 fully saturated rings. The van der Waals surface area contributed by atoms with Crippen LogP contribution in [0.1, 0.15) is 64.1 Å². The van der Waals surface area contributed by atoms with Gasteiger partial charge in [0.1, 0.15) is 5.82 Å². The lowest BCUT2D eigenvalue weighted by Gasteiger charge is -2.42. The first-order valence-corrected chi connectivity index (χ1v) is 10.7. The molecule has 1 saturated heterocycles. The van der Waals surface area contributed by atoms with Crippen molar-refractivity contribution in [3.63, 3.8) is 0 Å². The van der Waals surface area contributed by atoms with Crippen molar-refractivity contribution >= 4 is 10.9 Å². The maximum absolute atomic E-state index is 13.6. The van der Waals surface area contributed by atoms with Crippen LogP contribution in [-0.4, -0.2) is 33.7 Å². The van der Waals surface area contributed by atoms with Gasteiger partial charge in [0.25, 0.3) is 0 Å². The van der Waals surface area contributed by atoms with Crippen molar-refractivity contribution in [3.05, 3.63) is 35.8 Å². The molecule has 4 heteroatoms. The second-order valence-electron chi connectivity index (χ2n) is 8.95. The van der Waals surface area contributed by atoms with Crippen LogP contribution in [0.25, 0.3) is 10.9 Å². The lowest BCUT2D eigenvalue weighted by Crippen LogP contribution is -2.44. The summed E-state index contributed by atoms with van der Waals surface area (Å²) in [7, 11) is 0. The molecule has 0 atom stereocenters. The van der Waals surface area contributed by atoms with Crippen LogP contribution in [0.4, 0.5) is 4.39 Å². The molecule has 1 N–H and O–H groups in total. The van der Waals surface area contributed by atoms with Crippen LogP contribution in [0.3, 0.4) is 0 Å². The number of likely N-dealkylation sites (tertiary alicyclic amines) is 1. The first-order chi connectivity index (χ1) is 13.1. The standard InChI is InChI=1S/C23H33FN2O/c1-16(2)17-3-6-20(7-4-17)25-11-9-21(10-12-25)26-22(15-27)14-18-13-19(24)5-8-23(18)26/h5,8,13-14,16-17,20-21,27H,3-4,6-7,9-12,15H2,1-2H3. The van der Waals surface area contributed by atoms with Crippen LogP contribution in [0.2, 0.25) is 0 Å². The second-order valence-corrected chi connectivity index (χ2v) is 8.95. The smallest absolute Gasteiger partial charge is 0.123 e. The van der Waals surface area contributed by atoms with Crippen molar-refractivity contribution in [2.24, 2.45) is 11.8 Å². The molecule has 2 aromatic rings. The van der Waals surface area contributed by atoms with E-state index in [-0.39, 0.29) is 12.4 Å². The molecular formula is C23H33FN2O. The third kappa shape index (κ3) is 3.79. The normalized spacial score (nSPS) is 25.5. The Morgan fingerprint density at radius 1 is 1.00 bits per heavy atom. The number of hydrogen-bond donors (Lipinski definition) is 1. The average molecular weight is 373 g/mol. The van der Waals surface area contributed by atoms with Crippen LogP contribution in [0.5, 0.6) is 0 Å². The lowest BCUT2D eigenvalue weighted by atomic mass is 9.79. The first kappa shape index (κ1) is 18.9. The summed E-state index contributed by atoms with van der Waals surface area (Å²) in [6.07, 6.45) is 7.67. The van der Waals surface area contributed by atoms with Gasteiger partial charge in [0.05, 0.1) is 6.61 Å². The lowest BCUT2D eigenvalue weighted by molar-refractivity contribution is 0.0882. The number of aliphatic hydroxyl groups is 1. The summed E-state index contributed by atoms with van der Waals surface area (Å²) in [5.41, 5.74) is 1.96. The summed E-state index contributed by atoms with van der Waals surface area (Å²) in [5.74, 6) is 1.52. The van der Waals surface area contributed by atoms with Gasteiger partial charge >= 0.3 is 0 Å². The topological polar surface area (TPSA) is 28.4 Å². The molecule has 0 amide bonds. The summed E-state index contributed by atoms with van der Waals surface area (Å²) in [6, 6.07) is 8.07. The van der Waals surface area contributed by atoms with E-state index >= 15 is 0 Å². The van der Waals surface area contributed by atoms with Crippen LogP contribution >= 0.6 is 0 Å².